The Morgan fingerprint density at radius 3 is 2.36 bits per heavy atom. The van der Waals surface area contributed by atoms with Crippen LogP contribution in [0.4, 0.5) is 5.69 Å². The van der Waals surface area contributed by atoms with Crippen molar-refractivity contribution < 1.29 is 28.6 Å². The van der Waals surface area contributed by atoms with E-state index in [-0.39, 0.29) is 22.9 Å². The molecule has 1 heterocycles. The van der Waals surface area contributed by atoms with Gasteiger partial charge >= 0.3 is 5.97 Å². The van der Waals surface area contributed by atoms with Crippen LogP contribution in [0.25, 0.3) is 0 Å². The Balaban J connectivity index is 1.71. The zero-order valence-electron chi connectivity index (χ0n) is 18.5. The summed E-state index contributed by atoms with van der Waals surface area (Å²) in [5.74, 6) is -1.02. The molecule has 0 unspecified atom stereocenters. The van der Waals surface area contributed by atoms with Crippen molar-refractivity contribution in [2.24, 2.45) is 0 Å². The van der Waals surface area contributed by atoms with E-state index in [2.05, 4.69) is 10.6 Å². The van der Waals surface area contributed by atoms with Crippen LogP contribution in [0.3, 0.4) is 0 Å². The van der Waals surface area contributed by atoms with Crippen molar-refractivity contribution >= 4 is 34.8 Å². The van der Waals surface area contributed by atoms with Crippen LogP contribution in [0.1, 0.15) is 31.2 Å². The fraction of sp³-hybridized carbons (Fsp3) is 0.208. The second-order valence-electron chi connectivity index (χ2n) is 6.96. The lowest BCUT2D eigenvalue weighted by Crippen LogP contribution is -2.28. The van der Waals surface area contributed by atoms with Crippen LogP contribution in [0.15, 0.2) is 53.9 Å². The van der Waals surface area contributed by atoms with Crippen LogP contribution < -0.4 is 20.1 Å². The summed E-state index contributed by atoms with van der Waals surface area (Å²) in [4.78, 5) is 38.0. The highest BCUT2D eigenvalue weighted by atomic mass is 32.1. The van der Waals surface area contributed by atoms with Crippen molar-refractivity contribution in [2.45, 2.75) is 13.5 Å². The van der Waals surface area contributed by atoms with E-state index in [4.69, 9.17) is 14.2 Å². The second-order valence-corrected chi connectivity index (χ2v) is 7.91. The van der Waals surface area contributed by atoms with Crippen LogP contribution in [-0.2, 0) is 16.1 Å². The molecule has 1 aromatic heterocycles. The first kappa shape index (κ1) is 23.8. The molecule has 0 bridgehead atoms. The van der Waals surface area contributed by atoms with Gasteiger partial charge < -0.3 is 24.8 Å². The third kappa shape index (κ3) is 6.11. The maximum absolute atomic E-state index is 12.8. The second kappa shape index (κ2) is 11.1. The van der Waals surface area contributed by atoms with Gasteiger partial charge in [-0.05, 0) is 29.5 Å². The van der Waals surface area contributed by atoms with Crippen molar-refractivity contribution in [3.63, 3.8) is 0 Å². The molecule has 0 aliphatic heterocycles. The van der Waals surface area contributed by atoms with Gasteiger partial charge in [0.25, 0.3) is 11.8 Å². The largest absolute Gasteiger partial charge is 0.493 e. The first-order valence-corrected chi connectivity index (χ1v) is 10.9. The van der Waals surface area contributed by atoms with Crippen LogP contribution in [-0.4, -0.2) is 38.6 Å². The molecule has 0 spiro atoms. The number of hydrogen-bond donors (Lipinski definition) is 2. The number of carbonyl (C=O) groups is 3. The van der Waals surface area contributed by atoms with Crippen LogP contribution >= 0.6 is 11.3 Å². The number of ether oxygens (including phenoxy) is 3. The summed E-state index contributed by atoms with van der Waals surface area (Å²) in [5.41, 5.74) is 2.22. The minimum Gasteiger partial charge on any atom is -0.493 e. The molecule has 172 valence electrons. The fourth-order valence-corrected chi connectivity index (χ4v) is 3.62. The van der Waals surface area contributed by atoms with Gasteiger partial charge in [-0.1, -0.05) is 30.3 Å². The molecule has 0 fully saturated rings. The summed E-state index contributed by atoms with van der Waals surface area (Å²) in [5, 5.41) is 7.19. The lowest BCUT2D eigenvalue weighted by atomic mass is 10.1. The molecule has 0 aliphatic carbocycles. The van der Waals surface area contributed by atoms with Gasteiger partial charge in [0.2, 0.25) is 0 Å². The third-order valence-corrected chi connectivity index (χ3v) is 5.68. The molecular formula is C24H24N2O6S. The summed E-state index contributed by atoms with van der Waals surface area (Å²) in [6.45, 7) is 1.80. The molecule has 0 aliphatic rings. The van der Waals surface area contributed by atoms with E-state index < -0.39 is 18.5 Å². The molecular weight excluding hydrogens is 444 g/mol. The molecule has 8 nitrogen and oxygen atoms in total. The van der Waals surface area contributed by atoms with Gasteiger partial charge in [0.05, 0.1) is 30.3 Å². The standard InChI is InChI=1S/C24H24N2O6S/c1-15-7-4-5-8-16(15)13-25-22(27)14-32-24(29)17-11-19(30-2)20(31-3)12-18(17)26-23(28)21-9-6-10-33-21/h4-12H,13-14H2,1-3H3,(H,25,27)(H,26,28). The van der Waals surface area contributed by atoms with Gasteiger partial charge in [-0.3, -0.25) is 9.59 Å². The maximum atomic E-state index is 12.8. The fourth-order valence-electron chi connectivity index (χ4n) is 3.01. The third-order valence-electron chi connectivity index (χ3n) is 4.81. The Morgan fingerprint density at radius 2 is 1.70 bits per heavy atom. The van der Waals surface area contributed by atoms with E-state index in [1.165, 1.54) is 37.7 Å². The number of hydrogen-bond acceptors (Lipinski definition) is 7. The summed E-state index contributed by atoms with van der Waals surface area (Å²) >= 11 is 1.26. The first-order chi connectivity index (χ1) is 15.9. The minimum atomic E-state index is -0.788. The first-order valence-electron chi connectivity index (χ1n) is 10.0. The van der Waals surface area contributed by atoms with E-state index in [9.17, 15) is 14.4 Å². The number of aryl methyl sites for hydroxylation is 1. The Bertz CT molecular complexity index is 1140. The molecule has 0 saturated carbocycles. The zero-order chi connectivity index (χ0) is 23.8. The number of methoxy groups -OCH3 is 2. The number of anilines is 1. The average molecular weight is 469 g/mol. The molecule has 2 aromatic carbocycles. The van der Waals surface area contributed by atoms with Crippen LogP contribution in [0.2, 0.25) is 0 Å². The maximum Gasteiger partial charge on any atom is 0.340 e. The Kier molecular flexibility index (Phi) is 8.04. The molecule has 3 rings (SSSR count). The van der Waals surface area contributed by atoms with Gasteiger partial charge in [-0.25, -0.2) is 4.79 Å². The molecule has 2 amide bonds. The minimum absolute atomic E-state index is 0.0317. The van der Waals surface area contributed by atoms with Crippen molar-refractivity contribution in [1.29, 1.82) is 0 Å². The highest BCUT2D eigenvalue weighted by Gasteiger charge is 2.21. The lowest BCUT2D eigenvalue weighted by Gasteiger charge is -2.15. The number of thiophene rings is 1. The monoisotopic (exact) mass is 468 g/mol. The zero-order valence-corrected chi connectivity index (χ0v) is 19.3. The molecule has 0 atom stereocenters. The number of benzene rings is 2. The Hall–Kier alpha value is -3.85. The highest BCUT2D eigenvalue weighted by Crippen LogP contribution is 2.34. The van der Waals surface area contributed by atoms with Gasteiger partial charge in [0.15, 0.2) is 18.1 Å². The molecule has 0 radical (unpaired) electrons. The number of rotatable bonds is 9. The van der Waals surface area contributed by atoms with Crippen molar-refractivity contribution in [3.8, 4) is 11.5 Å². The normalized spacial score (nSPS) is 10.3. The summed E-state index contributed by atoms with van der Waals surface area (Å²) in [6, 6.07) is 13.9. The number of carbonyl (C=O) groups excluding carboxylic acids is 3. The average Bonchev–Trinajstić information content (AvgIpc) is 3.37. The highest BCUT2D eigenvalue weighted by molar-refractivity contribution is 7.12. The summed E-state index contributed by atoms with van der Waals surface area (Å²) < 4.78 is 15.7. The van der Waals surface area contributed by atoms with E-state index in [1.54, 1.807) is 17.5 Å². The van der Waals surface area contributed by atoms with E-state index in [0.717, 1.165) is 11.1 Å². The van der Waals surface area contributed by atoms with Crippen molar-refractivity contribution in [1.82, 2.24) is 5.32 Å². The summed E-state index contributed by atoms with van der Waals surface area (Å²) in [6.07, 6.45) is 0. The van der Waals surface area contributed by atoms with E-state index in [1.807, 2.05) is 31.2 Å². The topological polar surface area (TPSA) is 103 Å². The van der Waals surface area contributed by atoms with Crippen LogP contribution in [0, 0.1) is 6.92 Å². The van der Waals surface area contributed by atoms with Crippen LogP contribution in [0.5, 0.6) is 11.5 Å². The van der Waals surface area contributed by atoms with Gasteiger partial charge in [0, 0.05) is 18.7 Å². The molecule has 2 N–H and O–H groups in total. The van der Waals surface area contributed by atoms with Crippen molar-refractivity contribution in [2.75, 3.05) is 26.1 Å². The summed E-state index contributed by atoms with van der Waals surface area (Å²) in [7, 11) is 2.87. The predicted octanol–water partition coefficient (Wildman–Crippen LogP) is 3.80. The van der Waals surface area contributed by atoms with Gasteiger partial charge in [-0.15, -0.1) is 11.3 Å². The molecule has 3 aromatic rings. The Morgan fingerprint density at radius 1 is 0.970 bits per heavy atom. The Labute approximate surface area is 195 Å². The number of esters is 1. The molecule has 0 saturated heterocycles. The quantitative estimate of drug-likeness (QED) is 0.463. The predicted molar refractivity (Wildman–Crippen MR) is 125 cm³/mol. The lowest BCUT2D eigenvalue weighted by molar-refractivity contribution is -0.124. The van der Waals surface area contributed by atoms with Gasteiger partial charge in [-0.2, -0.15) is 0 Å². The molecule has 9 heteroatoms. The van der Waals surface area contributed by atoms with E-state index >= 15 is 0 Å². The number of amides is 2. The van der Waals surface area contributed by atoms with Crippen molar-refractivity contribution in [3.05, 3.63) is 75.5 Å². The van der Waals surface area contributed by atoms with E-state index in [0.29, 0.717) is 17.2 Å². The smallest absolute Gasteiger partial charge is 0.340 e. The SMILES string of the molecule is COc1cc(NC(=O)c2cccs2)c(C(=O)OCC(=O)NCc2ccccc2C)cc1OC. The van der Waals surface area contributed by atoms with Gasteiger partial charge in [0.1, 0.15) is 0 Å². The molecule has 33 heavy (non-hydrogen) atoms. The number of nitrogens with one attached hydrogen (secondary N) is 2.